The summed E-state index contributed by atoms with van der Waals surface area (Å²) in [4.78, 5) is 29.3. The zero-order valence-corrected chi connectivity index (χ0v) is 20.9. The van der Waals surface area contributed by atoms with Gasteiger partial charge in [-0.25, -0.2) is 4.90 Å². The van der Waals surface area contributed by atoms with E-state index >= 15 is 0 Å². The fourth-order valence-corrected chi connectivity index (χ4v) is 5.63. The molecule has 1 heterocycles. The maximum Gasteiger partial charge on any atom is 0.238 e. The Labute approximate surface area is 221 Å². The minimum absolute atomic E-state index is 0.164. The van der Waals surface area contributed by atoms with Crippen LogP contribution in [0.5, 0.6) is 17.2 Å². The Bertz CT molecular complexity index is 1400. The molecule has 38 heavy (non-hydrogen) atoms. The van der Waals surface area contributed by atoms with Crippen molar-refractivity contribution in [1.82, 2.24) is 0 Å². The summed E-state index contributed by atoms with van der Waals surface area (Å²) in [5, 5.41) is 0. The molecule has 0 radical (unpaired) electrons. The van der Waals surface area contributed by atoms with Crippen molar-refractivity contribution in [3.05, 3.63) is 132 Å². The van der Waals surface area contributed by atoms with Crippen molar-refractivity contribution in [3.63, 3.8) is 0 Å². The number of anilines is 1. The van der Waals surface area contributed by atoms with Crippen LogP contribution in [0.15, 0.2) is 121 Å². The van der Waals surface area contributed by atoms with Gasteiger partial charge in [0.2, 0.25) is 11.8 Å². The molecule has 0 aromatic heterocycles. The largest absolute Gasteiger partial charge is 0.497 e. The average Bonchev–Trinajstić information content (AvgIpc) is 3.24. The molecule has 1 aliphatic heterocycles. The standard InChI is InChI=1S/C33H27NO4/c1-37-25-16-18-27(19-17-25)38-26-14-12-24(13-15-26)34-32(35)30-28(22-8-4-2-5-9-22)20-21-29(31(30)33(34)36)23-10-6-3-7-11-23/h2-21,28-31H,1H3/t28-,29+,30+,31-. The highest BCUT2D eigenvalue weighted by atomic mass is 16.5. The number of hydrogen-bond donors (Lipinski definition) is 0. The lowest BCUT2D eigenvalue weighted by molar-refractivity contribution is -0.122. The lowest BCUT2D eigenvalue weighted by Crippen LogP contribution is -2.31. The van der Waals surface area contributed by atoms with Crippen molar-refractivity contribution < 1.29 is 19.1 Å². The summed E-state index contributed by atoms with van der Waals surface area (Å²) in [6.07, 6.45) is 4.21. The van der Waals surface area contributed by atoms with Crippen LogP contribution in [-0.4, -0.2) is 18.9 Å². The maximum absolute atomic E-state index is 14.0. The zero-order valence-electron chi connectivity index (χ0n) is 20.9. The maximum atomic E-state index is 14.0. The lowest BCUT2D eigenvalue weighted by atomic mass is 9.68. The molecule has 4 atom stereocenters. The molecule has 2 amide bonds. The summed E-state index contributed by atoms with van der Waals surface area (Å²) < 4.78 is 11.1. The molecule has 0 bridgehead atoms. The van der Waals surface area contributed by atoms with Crippen LogP contribution in [0.4, 0.5) is 5.69 Å². The van der Waals surface area contributed by atoms with Crippen molar-refractivity contribution in [1.29, 1.82) is 0 Å². The van der Waals surface area contributed by atoms with Crippen LogP contribution in [-0.2, 0) is 9.59 Å². The molecule has 1 aliphatic carbocycles. The molecule has 0 N–H and O–H groups in total. The molecule has 188 valence electrons. The Balaban J connectivity index is 1.32. The molecular formula is C33H27NO4. The van der Waals surface area contributed by atoms with Gasteiger partial charge in [-0.05, 0) is 59.7 Å². The van der Waals surface area contributed by atoms with Crippen molar-refractivity contribution >= 4 is 17.5 Å². The third-order valence-electron chi connectivity index (χ3n) is 7.46. The summed E-state index contributed by atoms with van der Waals surface area (Å²) in [7, 11) is 1.62. The molecule has 2 aliphatic rings. The van der Waals surface area contributed by atoms with E-state index in [1.807, 2.05) is 84.9 Å². The number of benzene rings is 4. The van der Waals surface area contributed by atoms with E-state index in [0.29, 0.717) is 17.2 Å². The predicted octanol–water partition coefficient (Wildman–Crippen LogP) is 6.73. The van der Waals surface area contributed by atoms with Crippen LogP contribution >= 0.6 is 0 Å². The number of allylic oxidation sites excluding steroid dienone is 2. The summed E-state index contributed by atoms with van der Waals surface area (Å²) in [6, 6.07) is 34.3. The Morgan fingerprint density at radius 2 is 0.974 bits per heavy atom. The Morgan fingerprint density at radius 1 is 0.553 bits per heavy atom. The van der Waals surface area contributed by atoms with Crippen molar-refractivity contribution in [2.45, 2.75) is 11.8 Å². The number of nitrogens with zero attached hydrogens (tertiary/aromatic N) is 1. The van der Waals surface area contributed by atoms with Crippen molar-refractivity contribution in [3.8, 4) is 17.2 Å². The molecule has 1 saturated heterocycles. The lowest BCUT2D eigenvalue weighted by Gasteiger charge is -2.32. The molecule has 5 heteroatoms. The van der Waals surface area contributed by atoms with Crippen molar-refractivity contribution in [2.75, 3.05) is 12.0 Å². The van der Waals surface area contributed by atoms with E-state index in [1.165, 1.54) is 4.90 Å². The van der Waals surface area contributed by atoms with E-state index in [4.69, 9.17) is 9.47 Å². The molecule has 5 nitrogen and oxygen atoms in total. The van der Waals surface area contributed by atoms with E-state index in [-0.39, 0.29) is 23.7 Å². The molecule has 1 fully saturated rings. The number of fused-ring (bicyclic) bond motifs is 1. The number of amides is 2. The number of ether oxygens (including phenoxy) is 2. The SMILES string of the molecule is COc1ccc(Oc2ccc(N3C(=O)[C@@H]4[C@H](C3=O)[C@H](c3ccccc3)C=C[C@@H]4c3ccccc3)cc2)cc1. The van der Waals surface area contributed by atoms with Gasteiger partial charge in [0.1, 0.15) is 17.2 Å². The Hall–Kier alpha value is -4.64. The van der Waals surface area contributed by atoms with E-state index in [2.05, 4.69) is 12.2 Å². The van der Waals surface area contributed by atoms with Gasteiger partial charge in [0.25, 0.3) is 0 Å². The van der Waals surface area contributed by atoms with Crippen LogP contribution in [0.1, 0.15) is 23.0 Å². The number of hydrogen-bond acceptors (Lipinski definition) is 4. The molecular weight excluding hydrogens is 474 g/mol. The summed E-state index contributed by atoms with van der Waals surface area (Å²) in [5.74, 6) is 0.413. The fourth-order valence-electron chi connectivity index (χ4n) is 5.63. The van der Waals surface area contributed by atoms with E-state index < -0.39 is 11.8 Å². The number of methoxy groups -OCH3 is 1. The minimum Gasteiger partial charge on any atom is -0.497 e. The second-order valence-corrected chi connectivity index (χ2v) is 9.59. The molecule has 4 aromatic carbocycles. The van der Waals surface area contributed by atoms with E-state index in [9.17, 15) is 9.59 Å². The fraction of sp³-hybridized carbons (Fsp3) is 0.152. The number of carbonyl (C=O) groups is 2. The first-order valence-corrected chi connectivity index (χ1v) is 12.7. The Morgan fingerprint density at radius 3 is 1.42 bits per heavy atom. The van der Waals surface area contributed by atoms with Crippen LogP contribution < -0.4 is 14.4 Å². The third-order valence-corrected chi connectivity index (χ3v) is 7.46. The second kappa shape index (κ2) is 10.0. The van der Waals surface area contributed by atoms with Gasteiger partial charge in [-0.15, -0.1) is 0 Å². The number of rotatable bonds is 6. The first-order chi connectivity index (χ1) is 18.6. The molecule has 0 spiro atoms. The second-order valence-electron chi connectivity index (χ2n) is 9.59. The van der Waals surface area contributed by atoms with Crippen LogP contribution in [0.2, 0.25) is 0 Å². The first-order valence-electron chi connectivity index (χ1n) is 12.7. The van der Waals surface area contributed by atoms with E-state index in [0.717, 1.165) is 16.9 Å². The quantitative estimate of drug-likeness (QED) is 0.217. The highest BCUT2D eigenvalue weighted by Crippen LogP contribution is 2.50. The zero-order chi connectivity index (χ0) is 26.1. The van der Waals surface area contributed by atoms with Gasteiger partial charge in [0.15, 0.2) is 0 Å². The number of imide groups is 1. The molecule has 0 unspecified atom stereocenters. The molecule has 6 rings (SSSR count). The number of carbonyl (C=O) groups excluding carboxylic acids is 2. The molecule has 4 aromatic rings. The summed E-state index contributed by atoms with van der Waals surface area (Å²) in [5.41, 5.74) is 2.63. The van der Waals surface area contributed by atoms with Gasteiger partial charge >= 0.3 is 0 Å². The smallest absolute Gasteiger partial charge is 0.238 e. The van der Waals surface area contributed by atoms with Gasteiger partial charge in [-0.1, -0.05) is 72.8 Å². The van der Waals surface area contributed by atoms with E-state index in [1.54, 1.807) is 31.4 Å². The van der Waals surface area contributed by atoms with Crippen LogP contribution in [0, 0.1) is 11.8 Å². The minimum atomic E-state index is -0.477. The summed E-state index contributed by atoms with van der Waals surface area (Å²) >= 11 is 0. The highest BCUT2D eigenvalue weighted by Gasteiger charge is 2.55. The first kappa shape index (κ1) is 23.7. The average molecular weight is 502 g/mol. The van der Waals surface area contributed by atoms with Gasteiger partial charge < -0.3 is 9.47 Å². The van der Waals surface area contributed by atoms with Gasteiger partial charge in [-0.3, -0.25) is 9.59 Å². The summed E-state index contributed by atoms with van der Waals surface area (Å²) in [6.45, 7) is 0. The van der Waals surface area contributed by atoms with Crippen molar-refractivity contribution in [2.24, 2.45) is 11.8 Å². The molecule has 0 saturated carbocycles. The normalized spacial score (nSPS) is 22.3. The van der Waals surface area contributed by atoms with Crippen LogP contribution in [0.25, 0.3) is 0 Å². The van der Waals surface area contributed by atoms with Gasteiger partial charge in [0, 0.05) is 11.8 Å². The van der Waals surface area contributed by atoms with Crippen LogP contribution in [0.3, 0.4) is 0 Å². The highest BCUT2D eigenvalue weighted by molar-refractivity contribution is 6.23. The third kappa shape index (κ3) is 4.26. The monoisotopic (exact) mass is 501 g/mol. The van der Waals surface area contributed by atoms with Gasteiger partial charge in [-0.2, -0.15) is 0 Å². The topological polar surface area (TPSA) is 55.8 Å². The predicted molar refractivity (Wildman–Crippen MR) is 146 cm³/mol. The van der Waals surface area contributed by atoms with Gasteiger partial charge in [0.05, 0.1) is 24.6 Å². The Kier molecular flexibility index (Phi) is 6.26.